The maximum atomic E-state index is 12.4. The lowest BCUT2D eigenvalue weighted by molar-refractivity contribution is -0.148. The van der Waals surface area contributed by atoms with Crippen LogP contribution < -0.4 is 5.32 Å². The average molecular weight is 309 g/mol. The summed E-state index contributed by atoms with van der Waals surface area (Å²) in [6.45, 7) is 2.30. The normalized spacial score (nSPS) is 24.1. The van der Waals surface area contributed by atoms with Crippen molar-refractivity contribution < 1.29 is 14.7 Å². The van der Waals surface area contributed by atoms with Gasteiger partial charge in [0, 0.05) is 11.4 Å². The Morgan fingerprint density at radius 1 is 1.43 bits per heavy atom. The molecule has 1 fully saturated rings. The standard InChI is InChI=1S/C14H19N3O3S/c1-2-14(11(18)19)7-4-8-17(14)13(20)16-12-15-9-5-3-6-10(9)21-12/h2-8H2,1H3,(H,18,19)(H,15,16,20). The Morgan fingerprint density at radius 2 is 2.24 bits per heavy atom. The number of rotatable bonds is 3. The molecule has 1 unspecified atom stereocenters. The molecule has 1 saturated heterocycles. The number of anilines is 1. The van der Waals surface area contributed by atoms with Gasteiger partial charge in [-0.1, -0.05) is 6.92 Å². The molecule has 0 spiro atoms. The zero-order valence-electron chi connectivity index (χ0n) is 12.0. The Labute approximate surface area is 127 Å². The first-order valence-corrected chi connectivity index (χ1v) is 8.19. The first-order chi connectivity index (χ1) is 10.1. The molecule has 6 nitrogen and oxygen atoms in total. The van der Waals surface area contributed by atoms with Crippen molar-refractivity contribution in [2.45, 2.75) is 51.0 Å². The average Bonchev–Trinajstić information content (AvgIpc) is 3.11. The molecule has 0 radical (unpaired) electrons. The second-order valence-corrected chi connectivity index (χ2v) is 6.70. The van der Waals surface area contributed by atoms with Crippen molar-refractivity contribution in [3.8, 4) is 0 Å². The van der Waals surface area contributed by atoms with Crippen LogP contribution in [0.4, 0.5) is 9.93 Å². The van der Waals surface area contributed by atoms with E-state index in [1.165, 1.54) is 21.1 Å². The molecule has 1 aliphatic heterocycles. The van der Waals surface area contributed by atoms with E-state index in [0.717, 1.165) is 31.4 Å². The number of hydrogen-bond acceptors (Lipinski definition) is 4. The van der Waals surface area contributed by atoms with E-state index in [2.05, 4.69) is 10.3 Å². The monoisotopic (exact) mass is 309 g/mol. The van der Waals surface area contributed by atoms with Crippen LogP contribution in [0.3, 0.4) is 0 Å². The van der Waals surface area contributed by atoms with Gasteiger partial charge in [0.05, 0.1) is 5.69 Å². The van der Waals surface area contributed by atoms with E-state index in [1.54, 1.807) is 0 Å². The zero-order chi connectivity index (χ0) is 15.0. The fourth-order valence-electron chi connectivity index (χ4n) is 3.32. The van der Waals surface area contributed by atoms with Gasteiger partial charge in [-0.25, -0.2) is 14.6 Å². The van der Waals surface area contributed by atoms with Gasteiger partial charge in [0.15, 0.2) is 5.13 Å². The minimum atomic E-state index is -1.07. The van der Waals surface area contributed by atoms with E-state index in [9.17, 15) is 14.7 Å². The summed E-state index contributed by atoms with van der Waals surface area (Å²) in [6.07, 6.45) is 4.79. The number of aromatic nitrogens is 1. The number of carbonyl (C=O) groups excluding carboxylic acids is 1. The number of hydrogen-bond donors (Lipinski definition) is 2. The van der Waals surface area contributed by atoms with Gasteiger partial charge in [0.1, 0.15) is 5.54 Å². The van der Waals surface area contributed by atoms with Gasteiger partial charge in [-0.3, -0.25) is 5.32 Å². The topological polar surface area (TPSA) is 82.5 Å². The quantitative estimate of drug-likeness (QED) is 0.898. The van der Waals surface area contributed by atoms with Gasteiger partial charge in [-0.2, -0.15) is 0 Å². The van der Waals surface area contributed by atoms with Crippen LogP contribution in [-0.4, -0.2) is 39.1 Å². The molecule has 1 aromatic rings. The number of urea groups is 1. The minimum absolute atomic E-state index is 0.343. The molecule has 3 rings (SSSR count). The fourth-order valence-corrected chi connectivity index (χ4v) is 4.36. The highest BCUT2D eigenvalue weighted by Gasteiger charge is 2.48. The van der Waals surface area contributed by atoms with Crippen LogP contribution >= 0.6 is 11.3 Å². The molecular formula is C14H19N3O3S. The second kappa shape index (κ2) is 5.29. The number of nitrogens with zero attached hydrogens (tertiary/aromatic N) is 2. The van der Waals surface area contributed by atoms with Crippen molar-refractivity contribution in [1.29, 1.82) is 0 Å². The first kappa shape index (κ1) is 14.3. The third kappa shape index (κ3) is 2.29. The number of nitrogens with one attached hydrogen (secondary N) is 1. The third-order valence-electron chi connectivity index (χ3n) is 4.53. The summed E-state index contributed by atoms with van der Waals surface area (Å²) in [5.74, 6) is -0.917. The van der Waals surface area contributed by atoms with E-state index in [4.69, 9.17) is 0 Å². The Kier molecular flexibility index (Phi) is 3.61. The van der Waals surface area contributed by atoms with Crippen molar-refractivity contribution in [1.82, 2.24) is 9.88 Å². The third-order valence-corrected chi connectivity index (χ3v) is 5.60. The smallest absolute Gasteiger partial charge is 0.329 e. The molecule has 114 valence electrons. The molecule has 2 N–H and O–H groups in total. The van der Waals surface area contributed by atoms with Gasteiger partial charge in [-0.05, 0) is 38.5 Å². The van der Waals surface area contributed by atoms with Crippen molar-refractivity contribution in [2.75, 3.05) is 11.9 Å². The molecule has 21 heavy (non-hydrogen) atoms. The van der Waals surface area contributed by atoms with Gasteiger partial charge < -0.3 is 10.0 Å². The Bertz CT molecular complexity index is 565. The van der Waals surface area contributed by atoms with E-state index in [1.807, 2.05) is 6.92 Å². The summed E-state index contributed by atoms with van der Waals surface area (Å²) in [5, 5.41) is 12.9. The van der Waals surface area contributed by atoms with Crippen LogP contribution in [0.2, 0.25) is 0 Å². The number of likely N-dealkylation sites (tertiary alicyclic amines) is 1. The minimum Gasteiger partial charge on any atom is -0.479 e. The lowest BCUT2D eigenvalue weighted by Gasteiger charge is -2.33. The summed E-state index contributed by atoms with van der Waals surface area (Å²) in [4.78, 5) is 31.2. The summed E-state index contributed by atoms with van der Waals surface area (Å²) >= 11 is 1.51. The van der Waals surface area contributed by atoms with Gasteiger partial charge in [0.25, 0.3) is 0 Å². The predicted octanol–water partition coefficient (Wildman–Crippen LogP) is 2.49. The molecule has 2 aliphatic rings. The molecule has 7 heteroatoms. The summed E-state index contributed by atoms with van der Waals surface area (Å²) in [6, 6.07) is -0.343. The number of carbonyl (C=O) groups is 2. The molecule has 0 bridgehead atoms. The van der Waals surface area contributed by atoms with E-state index in [0.29, 0.717) is 24.5 Å². The number of aliphatic carboxylic acids is 1. The lowest BCUT2D eigenvalue weighted by Crippen LogP contribution is -2.54. The van der Waals surface area contributed by atoms with Crippen molar-refractivity contribution in [3.63, 3.8) is 0 Å². The molecule has 2 amide bonds. The number of carboxylic acids is 1. The Balaban J connectivity index is 1.76. The highest BCUT2D eigenvalue weighted by atomic mass is 32.1. The van der Waals surface area contributed by atoms with E-state index in [-0.39, 0.29) is 6.03 Å². The van der Waals surface area contributed by atoms with Gasteiger partial charge in [0.2, 0.25) is 0 Å². The second-order valence-electron chi connectivity index (χ2n) is 5.62. The fraction of sp³-hybridized carbons (Fsp3) is 0.643. The number of carboxylic acid groups (broad SMARTS) is 1. The molecule has 1 atom stereocenters. The van der Waals surface area contributed by atoms with E-state index < -0.39 is 11.5 Å². The SMILES string of the molecule is CCC1(C(=O)O)CCCN1C(=O)Nc1nc2c(s1)CCC2. The van der Waals surface area contributed by atoms with Crippen molar-refractivity contribution in [3.05, 3.63) is 10.6 Å². The highest BCUT2D eigenvalue weighted by molar-refractivity contribution is 7.15. The maximum absolute atomic E-state index is 12.4. The van der Waals surface area contributed by atoms with Crippen LogP contribution in [0, 0.1) is 0 Å². The van der Waals surface area contributed by atoms with Crippen molar-refractivity contribution in [2.24, 2.45) is 0 Å². The molecule has 2 heterocycles. The Hall–Kier alpha value is -1.63. The molecule has 0 aromatic carbocycles. The maximum Gasteiger partial charge on any atom is 0.329 e. The van der Waals surface area contributed by atoms with Crippen LogP contribution in [0.1, 0.15) is 43.2 Å². The lowest BCUT2D eigenvalue weighted by atomic mass is 9.93. The number of amides is 2. The predicted molar refractivity (Wildman–Crippen MR) is 79.8 cm³/mol. The summed E-state index contributed by atoms with van der Waals surface area (Å²) in [7, 11) is 0. The molecule has 0 saturated carbocycles. The van der Waals surface area contributed by atoms with Crippen molar-refractivity contribution >= 4 is 28.5 Å². The largest absolute Gasteiger partial charge is 0.479 e. The summed E-state index contributed by atoms with van der Waals surface area (Å²) in [5.41, 5.74) is 0.0149. The Morgan fingerprint density at radius 3 is 2.90 bits per heavy atom. The highest BCUT2D eigenvalue weighted by Crippen LogP contribution is 2.35. The van der Waals surface area contributed by atoms with Crippen LogP contribution in [0.5, 0.6) is 0 Å². The molecule has 1 aromatic heterocycles. The van der Waals surface area contributed by atoms with Gasteiger partial charge in [-0.15, -0.1) is 11.3 Å². The number of fused-ring (bicyclic) bond motifs is 1. The number of thiazole rings is 1. The van der Waals surface area contributed by atoms with E-state index >= 15 is 0 Å². The first-order valence-electron chi connectivity index (χ1n) is 7.37. The molecule has 1 aliphatic carbocycles. The van der Waals surface area contributed by atoms with Crippen LogP contribution in [0.15, 0.2) is 0 Å². The van der Waals surface area contributed by atoms with Crippen LogP contribution in [-0.2, 0) is 17.6 Å². The van der Waals surface area contributed by atoms with Gasteiger partial charge >= 0.3 is 12.0 Å². The number of aryl methyl sites for hydroxylation is 2. The van der Waals surface area contributed by atoms with Crippen LogP contribution in [0.25, 0.3) is 0 Å². The summed E-state index contributed by atoms with van der Waals surface area (Å²) < 4.78 is 0. The zero-order valence-corrected chi connectivity index (χ0v) is 12.8. The molecular weight excluding hydrogens is 290 g/mol.